The van der Waals surface area contributed by atoms with Crippen molar-refractivity contribution in [2.24, 2.45) is 10.9 Å². The first kappa shape index (κ1) is 40.7. The minimum absolute atomic E-state index is 0.163. The molecule has 3 atom stereocenters. The number of rotatable bonds is 11. The Hall–Kier alpha value is -7.10. The molecule has 6 aromatic rings. The molecule has 4 N–H and O–H groups in total. The van der Waals surface area contributed by atoms with Gasteiger partial charge in [-0.15, -0.1) is 0 Å². The van der Waals surface area contributed by atoms with Gasteiger partial charge in [0.05, 0.1) is 43.0 Å². The number of nitrogens with zero attached hydrogens (tertiary/aromatic N) is 6. The van der Waals surface area contributed by atoms with E-state index >= 15 is 0 Å². The van der Waals surface area contributed by atoms with Crippen LogP contribution in [0.3, 0.4) is 0 Å². The molecule has 3 aromatic heterocycles. The van der Waals surface area contributed by atoms with E-state index in [-0.39, 0.29) is 35.5 Å². The van der Waals surface area contributed by atoms with Crippen molar-refractivity contribution < 1.29 is 28.3 Å². The number of aromatic amines is 2. The van der Waals surface area contributed by atoms with Gasteiger partial charge in [-0.05, 0) is 68.0 Å². The van der Waals surface area contributed by atoms with Crippen LogP contribution in [-0.4, -0.2) is 91.1 Å². The number of aromatic nitrogens is 5. The number of amides is 5. The first-order valence-electron chi connectivity index (χ1n) is 20.6. The van der Waals surface area contributed by atoms with Crippen molar-refractivity contribution in [3.05, 3.63) is 102 Å². The number of benzene rings is 3. The van der Waals surface area contributed by atoms with E-state index in [1.165, 1.54) is 7.11 Å². The number of oxazole rings is 1. The molecule has 0 radical (unpaired) electrons. The number of fused-ring (bicyclic) bond motifs is 1. The van der Waals surface area contributed by atoms with Gasteiger partial charge in [-0.1, -0.05) is 62.4 Å². The SMILES string of the molecule is CCNC(=O)N[C@@H](C(=O)N1CCC[C@H]1c1ncc(-c2ccc3nc(-c4ccc(-c5cnc([C@@H]6CCCN6C(=O)/C(=N/C(=O)OC)C(C)C)[nH]5)cc4)oc3c2)[nH]1)c1ccccc1. The highest BCUT2D eigenvalue weighted by atomic mass is 16.5. The molecule has 61 heavy (non-hydrogen) atoms. The Morgan fingerprint density at radius 3 is 2.13 bits per heavy atom. The first-order valence-corrected chi connectivity index (χ1v) is 20.6. The van der Waals surface area contributed by atoms with Gasteiger partial charge in [0.15, 0.2) is 5.58 Å². The molecule has 0 unspecified atom stereocenters. The second-order valence-corrected chi connectivity index (χ2v) is 15.5. The Morgan fingerprint density at radius 1 is 0.852 bits per heavy atom. The summed E-state index contributed by atoms with van der Waals surface area (Å²) >= 11 is 0. The van der Waals surface area contributed by atoms with Gasteiger partial charge in [0.2, 0.25) is 11.8 Å². The van der Waals surface area contributed by atoms with E-state index < -0.39 is 18.2 Å². The molecule has 2 saturated heterocycles. The standard InChI is InChI=1S/C45H48N10O6/c1-5-46-44(58)52-38(28-11-7-6-8-12-28)43(57)55-22-10-14-35(55)40-48-25-33(50-40)30-19-20-31-36(23-30)61-41(51-31)29-17-15-27(16-18-29)32-24-47-39(49-32)34-13-9-21-54(34)42(56)37(26(2)3)53-45(59)60-4/h6-8,11-12,15-20,23-26,34-35,38H,5,9-10,13-14,21-22H2,1-4H3,(H,47,49)(H,48,50)(H2,46,52,58)/b53-37+/t34-,35-,38+/m0/s1. The molecule has 5 heterocycles. The maximum Gasteiger partial charge on any atom is 0.433 e. The fourth-order valence-corrected chi connectivity index (χ4v) is 8.08. The van der Waals surface area contributed by atoms with Crippen LogP contribution in [0.25, 0.3) is 45.1 Å². The average molecular weight is 825 g/mol. The third kappa shape index (κ3) is 8.51. The van der Waals surface area contributed by atoms with Crippen molar-refractivity contribution >= 4 is 40.8 Å². The van der Waals surface area contributed by atoms with E-state index in [4.69, 9.17) is 14.4 Å². The number of carbonyl (C=O) groups is 4. The topological polar surface area (TPSA) is 204 Å². The highest BCUT2D eigenvalue weighted by Gasteiger charge is 2.38. The highest BCUT2D eigenvalue weighted by molar-refractivity contribution is 6.40. The van der Waals surface area contributed by atoms with Gasteiger partial charge < -0.3 is 39.6 Å². The van der Waals surface area contributed by atoms with Crippen LogP contribution in [0.15, 0.2) is 94.6 Å². The Morgan fingerprint density at radius 2 is 1.48 bits per heavy atom. The summed E-state index contributed by atoms with van der Waals surface area (Å²) in [7, 11) is 1.24. The second-order valence-electron chi connectivity index (χ2n) is 15.5. The molecule has 0 bridgehead atoms. The van der Waals surface area contributed by atoms with Crippen LogP contribution >= 0.6 is 0 Å². The van der Waals surface area contributed by atoms with Crippen LogP contribution in [0.4, 0.5) is 9.59 Å². The molecule has 0 spiro atoms. The lowest BCUT2D eigenvalue weighted by molar-refractivity contribution is -0.134. The van der Waals surface area contributed by atoms with E-state index in [1.807, 2.05) is 93.6 Å². The van der Waals surface area contributed by atoms with Crippen LogP contribution in [0.2, 0.25) is 0 Å². The van der Waals surface area contributed by atoms with Gasteiger partial charge in [0, 0.05) is 36.7 Å². The minimum atomic E-state index is -0.840. The van der Waals surface area contributed by atoms with Crippen LogP contribution < -0.4 is 10.6 Å². The fraction of sp³-hybridized carbons (Fsp3) is 0.333. The summed E-state index contributed by atoms with van der Waals surface area (Å²) in [5, 5.41) is 5.60. The average Bonchev–Trinajstić information content (AvgIpc) is 4.13. The molecule has 314 valence electrons. The van der Waals surface area contributed by atoms with E-state index in [0.717, 1.165) is 53.8 Å². The lowest BCUT2D eigenvalue weighted by atomic mass is 10.0. The summed E-state index contributed by atoms with van der Waals surface area (Å²) in [6.45, 7) is 7.01. The summed E-state index contributed by atoms with van der Waals surface area (Å²) in [5.41, 5.74) is 6.31. The van der Waals surface area contributed by atoms with Gasteiger partial charge in [-0.25, -0.2) is 24.5 Å². The fourth-order valence-electron chi connectivity index (χ4n) is 8.08. The van der Waals surface area contributed by atoms with Crippen molar-refractivity contribution in [2.45, 2.75) is 64.6 Å². The van der Waals surface area contributed by atoms with Crippen molar-refractivity contribution in [1.82, 2.24) is 45.4 Å². The molecular weight excluding hydrogens is 777 g/mol. The Labute approximate surface area is 352 Å². The number of urea groups is 1. The number of aliphatic imine (C=N–C) groups is 1. The third-order valence-corrected chi connectivity index (χ3v) is 11.2. The largest absolute Gasteiger partial charge is 0.451 e. The minimum Gasteiger partial charge on any atom is -0.451 e. The summed E-state index contributed by atoms with van der Waals surface area (Å²) in [5.74, 6) is 1.07. The Bertz CT molecular complexity index is 2580. The van der Waals surface area contributed by atoms with E-state index in [0.29, 0.717) is 53.8 Å². The van der Waals surface area contributed by atoms with Gasteiger partial charge in [0.25, 0.3) is 5.91 Å². The zero-order chi connectivity index (χ0) is 42.6. The van der Waals surface area contributed by atoms with Gasteiger partial charge in [-0.3, -0.25) is 9.59 Å². The molecule has 0 saturated carbocycles. The van der Waals surface area contributed by atoms with Crippen molar-refractivity contribution in [2.75, 3.05) is 26.7 Å². The number of likely N-dealkylation sites (tertiary alicyclic amines) is 2. The predicted molar refractivity (Wildman–Crippen MR) is 228 cm³/mol. The predicted octanol–water partition coefficient (Wildman–Crippen LogP) is 7.53. The Balaban J connectivity index is 0.957. The number of H-pyrrole nitrogens is 2. The Kier molecular flexibility index (Phi) is 11.8. The summed E-state index contributed by atoms with van der Waals surface area (Å²) in [6.07, 6.45) is 5.81. The highest BCUT2D eigenvalue weighted by Crippen LogP contribution is 2.36. The molecule has 3 aromatic carbocycles. The monoisotopic (exact) mass is 824 g/mol. The van der Waals surface area contributed by atoms with Crippen LogP contribution in [-0.2, 0) is 14.3 Å². The number of hydrogen-bond acceptors (Lipinski definition) is 9. The van der Waals surface area contributed by atoms with Crippen molar-refractivity contribution in [3.63, 3.8) is 0 Å². The molecular formula is C45H48N10O6. The lowest BCUT2D eigenvalue weighted by Crippen LogP contribution is -2.46. The summed E-state index contributed by atoms with van der Waals surface area (Å²) < 4.78 is 11.0. The third-order valence-electron chi connectivity index (χ3n) is 11.2. The normalized spacial score (nSPS) is 17.2. The number of imidazole rings is 2. The lowest BCUT2D eigenvalue weighted by Gasteiger charge is -2.28. The number of carbonyl (C=O) groups excluding carboxylic acids is 4. The first-order chi connectivity index (χ1) is 29.6. The van der Waals surface area contributed by atoms with Crippen molar-refractivity contribution in [3.8, 4) is 34.0 Å². The van der Waals surface area contributed by atoms with Gasteiger partial charge in [0.1, 0.15) is 28.9 Å². The maximum atomic E-state index is 14.0. The van der Waals surface area contributed by atoms with E-state index in [9.17, 15) is 19.2 Å². The molecule has 2 aliphatic heterocycles. The molecule has 0 aliphatic carbocycles. The molecule has 16 heteroatoms. The summed E-state index contributed by atoms with van der Waals surface area (Å²) in [6, 6.07) is 21.1. The van der Waals surface area contributed by atoms with E-state index in [1.54, 1.807) is 22.2 Å². The van der Waals surface area contributed by atoms with E-state index in [2.05, 4.69) is 35.3 Å². The van der Waals surface area contributed by atoms with Crippen LogP contribution in [0, 0.1) is 5.92 Å². The second kappa shape index (κ2) is 17.6. The molecule has 2 fully saturated rings. The maximum absolute atomic E-state index is 14.0. The zero-order valence-corrected chi connectivity index (χ0v) is 34.5. The molecule has 8 rings (SSSR count). The number of hydrogen-bond donors (Lipinski definition) is 4. The van der Waals surface area contributed by atoms with Crippen molar-refractivity contribution in [1.29, 1.82) is 0 Å². The van der Waals surface area contributed by atoms with Gasteiger partial charge >= 0.3 is 12.1 Å². The summed E-state index contributed by atoms with van der Waals surface area (Å²) in [4.78, 5) is 80.4. The van der Waals surface area contributed by atoms with Crippen LogP contribution in [0.5, 0.6) is 0 Å². The molecule has 2 aliphatic rings. The van der Waals surface area contributed by atoms with Gasteiger partial charge in [-0.2, -0.15) is 4.99 Å². The molecule has 5 amide bonds. The quantitative estimate of drug-likeness (QED) is 0.0953. The number of ether oxygens (including phenoxy) is 1. The van der Waals surface area contributed by atoms with Crippen LogP contribution in [0.1, 0.15) is 81.8 Å². The zero-order valence-electron chi connectivity index (χ0n) is 34.5. The smallest absolute Gasteiger partial charge is 0.433 e. The number of nitrogens with one attached hydrogen (secondary N) is 4. The number of methoxy groups -OCH3 is 1. The molecule has 16 nitrogen and oxygen atoms in total.